The molecule has 6 nitrogen and oxygen atoms in total. The van der Waals surface area contributed by atoms with Gasteiger partial charge in [0.05, 0.1) is 10.6 Å². The summed E-state index contributed by atoms with van der Waals surface area (Å²) in [5, 5.41) is 17.9. The van der Waals surface area contributed by atoms with Crippen LogP contribution in [0.5, 0.6) is 0 Å². The molecule has 0 aliphatic carbocycles. The smallest absolute Gasteiger partial charge is 0.274 e. The maximum absolute atomic E-state index is 10.2. The molecule has 0 unspecified atom stereocenters. The quantitative estimate of drug-likeness (QED) is 0.422. The average molecular weight is 274 g/mol. The number of hydrogen-bond acceptors (Lipinski definition) is 7. The van der Waals surface area contributed by atoms with Crippen molar-refractivity contribution in [2.75, 3.05) is 19.3 Å². The first-order valence-electron chi connectivity index (χ1n) is 4.96. The summed E-state index contributed by atoms with van der Waals surface area (Å²) < 4.78 is 4.19. The highest BCUT2D eigenvalue weighted by molar-refractivity contribution is 7.98. The lowest BCUT2D eigenvalue weighted by Crippen LogP contribution is -2.26. The zero-order valence-corrected chi connectivity index (χ0v) is 11.0. The molecule has 0 atom stereocenters. The molecular weight excluding hydrogens is 260 g/mol. The largest absolute Gasteiger partial charge is 0.370 e. The Morgan fingerprint density at radius 2 is 2.59 bits per heavy atom. The standard InChI is InChI=1S/C9H14N4O2S2/c1-10-9(6-13(14)15)11-3-5-16-7-8-2-4-17-12-8/h2,4,6,10-11H,3,5,7H2,1H3/b9-6-. The monoisotopic (exact) mass is 274 g/mol. The van der Waals surface area contributed by atoms with Crippen LogP contribution in [0.3, 0.4) is 0 Å². The molecule has 8 heteroatoms. The van der Waals surface area contributed by atoms with Gasteiger partial charge in [-0.15, -0.1) is 0 Å². The minimum Gasteiger partial charge on any atom is -0.370 e. The molecule has 1 heterocycles. The number of rotatable bonds is 8. The summed E-state index contributed by atoms with van der Waals surface area (Å²) in [6.07, 6.45) is 0.922. The van der Waals surface area contributed by atoms with Gasteiger partial charge in [-0.2, -0.15) is 16.1 Å². The molecule has 0 aliphatic heterocycles. The van der Waals surface area contributed by atoms with Crippen molar-refractivity contribution >= 4 is 23.3 Å². The van der Waals surface area contributed by atoms with Gasteiger partial charge < -0.3 is 10.6 Å². The van der Waals surface area contributed by atoms with Gasteiger partial charge in [-0.05, 0) is 17.6 Å². The molecule has 1 aromatic rings. The summed E-state index contributed by atoms with van der Waals surface area (Å²) in [5.41, 5.74) is 1.08. The zero-order valence-electron chi connectivity index (χ0n) is 9.38. The van der Waals surface area contributed by atoms with Crippen LogP contribution in [0.25, 0.3) is 0 Å². The minimum atomic E-state index is -0.485. The highest BCUT2D eigenvalue weighted by Gasteiger charge is 1.99. The second-order valence-electron chi connectivity index (χ2n) is 3.05. The maximum Gasteiger partial charge on any atom is 0.274 e. The van der Waals surface area contributed by atoms with E-state index >= 15 is 0 Å². The third-order valence-corrected chi connectivity index (χ3v) is 3.40. The van der Waals surface area contributed by atoms with Crippen LogP contribution in [0.15, 0.2) is 23.5 Å². The van der Waals surface area contributed by atoms with Gasteiger partial charge in [0.1, 0.15) is 0 Å². The van der Waals surface area contributed by atoms with E-state index < -0.39 is 4.92 Å². The van der Waals surface area contributed by atoms with Gasteiger partial charge in [-0.3, -0.25) is 10.1 Å². The lowest BCUT2D eigenvalue weighted by molar-refractivity contribution is -0.404. The molecule has 94 valence electrons. The van der Waals surface area contributed by atoms with Crippen LogP contribution in [-0.2, 0) is 5.75 Å². The predicted molar refractivity (Wildman–Crippen MR) is 70.4 cm³/mol. The number of nitrogens with zero attached hydrogens (tertiary/aromatic N) is 2. The molecule has 0 amide bonds. The molecule has 0 saturated heterocycles. The minimum absolute atomic E-state index is 0.421. The Kier molecular flexibility index (Phi) is 6.41. The van der Waals surface area contributed by atoms with Gasteiger partial charge in [-0.1, -0.05) is 0 Å². The van der Waals surface area contributed by atoms with Crippen LogP contribution < -0.4 is 10.6 Å². The summed E-state index contributed by atoms with van der Waals surface area (Å²) in [6, 6.07) is 2.00. The first kappa shape index (κ1) is 13.8. The summed E-state index contributed by atoms with van der Waals surface area (Å²) in [7, 11) is 1.64. The predicted octanol–water partition coefficient (Wildman–Crippen LogP) is 1.26. The number of thioether (sulfide) groups is 1. The summed E-state index contributed by atoms with van der Waals surface area (Å²) >= 11 is 3.18. The average Bonchev–Trinajstić information content (AvgIpc) is 2.79. The van der Waals surface area contributed by atoms with E-state index in [-0.39, 0.29) is 0 Å². The molecule has 1 aromatic heterocycles. The Hall–Kier alpha value is -1.28. The van der Waals surface area contributed by atoms with E-state index in [1.165, 1.54) is 11.5 Å². The Balaban J connectivity index is 2.13. The van der Waals surface area contributed by atoms with Crippen LogP contribution >= 0.6 is 23.3 Å². The molecule has 0 spiro atoms. The van der Waals surface area contributed by atoms with Crippen molar-refractivity contribution in [3.63, 3.8) is 0 Å². The highest BCUT2D eigenvalue weighted by atomic mass is 32.2. The zero-order chi connectivity index (χ0) is 12.5. The lowest BCUT2D eigenvalue weighted by Gasteiger charge is -2.06. The Labute approximate surface area is 108 Å². The Morgan fingerprint density at radius 1 is 1.76 bits per heavy atom. The van der Waals surface area contributed by atoms with Gasteiger partial charge in [0.15, 0.2) is 5.82 Å². The van der Waals surface area contributed by atoms with Crippen molar-refractivity contribution in [3.05, 3.63) is 39.3 Å². The second kappa shape index (κ2) is 7.91. The molecule has 0 bridgehead atoms. The van der Waals surface area contributed by atoms with Gasteiger partial charge in [0.25, 0.3) is 6.20 Å². The molecule has 0 aromatic carbocycles. The third kappa shape index (κ3) is 6.12. The van der Waals surface area contributed by atoms with Gasteiger partial charge >= 0.3 is 0 Å². The first-order chi connectivity index (χ1) is 8.22. The second-order valence-corrected chi connectivity index (χ2v) is 4.82. The molecule has 0 radical (unpaired) electrons. The van der Waals surface area contributed by atoms with E-state index in [4.69, 9.17) is 0 Å². The maximum atomic E-state index is 10.2. The summed E-state index contributed by atoms with van der Waals surface area (Å²) in [6.45, 7) is 0.676. The van der Waals surface area contributed by atoms with Crippen molar-refractivity contribution in [2.45, 2.75) is 5.75 Å². The van der Waals surface area contributed by atoms with Crippen LogP contribution in [0.4, 0.5) is 0 Å². The van der Waals surface area contributed by atoms with Crippen molar-refractivity contribution in [2.24, 2.45) is 0 Å². The molecular formula is C9H14N4O2S2. The number of hydrogen-bond donors (Lipinski definition) is 2. The SMILES string of the molecule is CN/C(=C/[N+](=O)[O-])NCCSCc1ccsn1. The molecule has 0 fully saturated rings. The molecule has 17 heavy (non-hydrogen) atoms. The van der Waals surface area contributed by atoms with Crippen LogP contribution in [0.1, 0.15) is 5.69 Å². The normalized spacial score (nSPS) is 11.2. The van der Waals surface area contributed by atoms with E-state index in [0.717, 1.165) is 23.4 Å². The number of aromatic nitrogens is 1. The van der Waals surface area contributed by atoms with Gasteiger partial charge in [-0.25, -0.2) is 0 Å². The topological polar surface area (TPSA) is 80.1 Å². The van der Waals surface area contributed by atoms with Crippen LogP contribution in [-0.4, -0.2) is 28.6 Å². The van der Waals surface area contributed by atoms with Crippen molar-refractivity contribution in [3.8, 4) is 0 Å². The van der Waals surface area contributed by atoms with Crippen LogP contribution in [0.2, 0.25) is 0 Å². The molecule has 0 aliphatic rings. The molecule has 1 rings (SSSR count). The first-order valence-corrected chi connectivity index (χ1v) is 6.95. The van der Waals surface area contributed by atoms with E-state index in [1.54, 1.807) is 18.8 Å². The van der Waals surface area contributed by atoms with E-state index in [0.29, 0.717) is 12.4 Å². The fourth-order valence-electron chi connectivity index (χ4n) is 1.05. The Morgan fingerprint density at radius 3 is 3.18 bits per heavy atom. The van der Waals surface area contributed by atoms with Crippen molar-refractivity contribution < 1.29 is 4.92 Å². The highest BCUT2D eigenvalue weighted by Crippen LogP contribution is 2.10. The fourth-order valence-corrected chi connectivity index (χ4v) is 2.43. The molecule has 0 saturated carbocycles. The lowest BCUT2D eigenvalue weighted by atomic mass is 10.5. The van der Waals surface area contributed by atoms with Gasteiger partial charge in [0, 0.05) is 30.5 Å². The number of nitro groups is 1. The Bertz CT molecular complexity index is 367. The summed E-state index contributed by atoms with van der Waals surface area (Å²) in [4.78, 5) is 9.76. The molecule has 2 N–H and O–H groups in total. The van der Waals surface area contributed by atoms with Crippen molar-refractivity contribution in [1.29, 1.82) is 0 Å². The summed E-state index contributed by atoms with van der Waals surface area (Å²) in [5.74, 6) is 2.16. The fraction of sp³-hybridized carbons (Fsp3) is 0.444. The number of nitrogens with one attached hydrogen (secondary N) is 2. The van der Waals surface area contributed by atoms with Gasteiger partial charge in [0.2, 0.25) is 0 Å². The van der Waals surface area contributed by atoms with E-state index in [1.807, 2.05) is 11.4 Å². The third-order valence-electron chi connectivity index (χ3n) is 1.81. The van der Waals surface area contributed by atoms with Crippen molar-refractivity contribution in [1.82, 2.24) is 15.0 Å². The van der Waals surface area contributed by atoms with Crippen LogP contribution in [0, 0.1) is 10.1 Å². The van der Waals surface area contributed by atoms with E-state index in [9.17, 15) is 10.1 Å². The van der Waals surface area contributed by atoms with E-state index in [2.05, 4.69) is 15.0 Å².